The molecule has 2 aromatic carbocycles. The van der Waals surface area contributed by atoms with Crippen LogP contribution in [-0.2, 0) is 9.54 Å². The second-order valence-corrected chi connectivity index (χ2v) is 9.83. The van der Waals surface area contributed by atoms with Crippen molar-refractivity contribution in [1.82, 2.24) is 4.90 Å². The number of carbonyl (C=O) groups is 1. The van der Waals surface area contributed by atoms with E-state index >= 15 is 0 Å². The van der Waals surface area contributed by atoms with Crippen LogP contribution in [-0.4, -0.2) is 46.2 Å². The quantitative estimate of drug-likeness (QED) is 0.143. The van der Waals surface area contributed by atoms with Gasteiger partial charge in [-0.05, 0) is 37.1 Å². The summed E-state index contributed by atoms with van der Waals surface area (Å²) < 4.78 is -0.353. The molecule has 0 aliphatic rings. The van der Waals surface area contributed by atoms with Crippen LogP contribution in [0.3, 0.4) is 0 Å². The fourth-order valence-electron chi connectivity index (χ4n) is 3.77. The van der Waals surface area contributed by atoms with Crippen molar-refractivity contribution < 1.29 is 9.90 Å². The number of aliphatic carboxylic acids is 1. The van der Waals surface area contributed by atoms with Crippen LogP contribution in [0.2, 0.25) is 0 Å². The number of amidine groups is 1. The van der Waals surface area contributed by atoms with E-state index in [4.69, 9.17) is 5.11 Å². The first-order valence-electron chi connectivity index (χ1n) is 11.2. The Morgan fingerprint density at radius 3 is 2.12 bits per heavy atom. The molecule has 1 N–H and O–H groups in total. The summed E-state index contributed by atoms with van der Waals surface area (Å²) in [6.45, 7) is 10.7. The first kappa shape index (κ1) is 27.5. The number of nitrogens with zero attached hydrogens (tertiary/aromatic N) is 2. The summed E-state index contributed by atoms with van der Waals surface area (Å²) in [5.41, 5.74) is 3.74. The molecule has 0 saturated heterocycles. The average Bonchev–Trinajstić information content (AvgIpc) is 2.86. The number of carboxylic acids is 1. The van der Waals surface area contributed by atoms with Gasteiger partial charge in [0.1, 0.15) is 0 Å². The second-order valence-electron chi connectivity index (χ2n) is 7.58. The van der Waals surface area contributed by atoms with Crippen molar-refractivity contribution in [2.24, 2.45) is 4.99 Å². The van der Waals surface area contributed by atoms with Crippen molar-refractivity contribution in [2.45, 2.75) is 24.5 Å². The summed E-state index contributed by atoms with van der Waals surface area (Å²) >= 11 is 3.08. The summed E-state index contributed by atoms with van der Waals surface area (Å²) in [7, 11) is 1.68. The summed E-state index contributed by atoms with van der Waals surface area (Å²) in [6.07, 6.45) is 7.86. The van der Waals surface area contributed by atoms with Gasteiger partial charge in [0.15, 0.2) is 5.17 Å². The molecule has 0 amide bonds. The van der Waals surface area contributed by atoms with E-state index in [1.807, 2.05) is 34.9 Å². The summed E-state index contributed by atoms with van der Waals surface area (Å²) in [5, 5.41) is 9.71. The molecule has 0 aliphatic heterocycles. The predicted molar refractivity (Wildman–Crippen MR) is 150 cm³/mol. The first-order valence-corrected chi connectivity index (χ1v) is 13.2. The number of benzene rings is 2. The standard InChI is InChI=1S/C28H34N2O2S2/c1-5-7-10-15-23(3)28(24-16-11-8-12-17-24,25-18-13-9-14-19-25)34-21-20-30(6-2)27(29-4)33-22-26(31)32/h5-6,8-9,11-19H,1-2,7,10,20-22H2,3-4H3,(H,31,32)/b23-15+,29-27?. The van der Waals surface area contributed by atoms with E-state index in [2.05, 4.69) is 79.7 Å². The minimum atomic E-state index is -0.864. The van der Waals surface area contributed by atoms with Crippen LogP contribution in [0.25, 0.3) is 0 Å². The molecule has 0 unspecified atom stereocenters. The Morgan fingerprint density at radius 1 is 1.06 bits per heavy atom. The number of rotatable bonds is 13. The van der Waals surface area contributed by atoms with E-state index < -0.39 is 5.97 Å². The van der Waals surface area contributed by atoms with Crippen molar-refractivity contribution in [3.63, 3.8) is 0 Å². The number of carboxylic acid groups (broad SMARTS) is 1. The van der Waals surface area contributed by atoms with Crippen molar-refractivity contribution in [1.29, 1.82) is 0 Å². The molecule has 6 heteroatoms. The minimum absolute atomic E-state index is 0.0345. The third-order valence-electron chi connectivity index (χ3n) is 5.37. The Balaban J connectivity index is 2.41. The van der Waals surface area contributed by atoms with Gasteiger partial charge in [0.2, 0.25) is 0 Å². The molecule has 180 valence electrons. The van der Waals surface area contributed by atoms with Gasteiger partial charge in [-0.1, -0.05) is 96.7 Å². The van der Waals surface area contributed by atoms with Gasteiger partial charge in [-0.15, -0.1) is 18.3 Å². The molecular weight excluding hydrogens is 460 g/mol. The number of thioether (sulfide) groups is 2. The zero-order valence-electron chi connectivity index (χ0n) is 20.0. The van der Waals surface area contributed by atoms with Gasteiger partial charge >= 0.3 is 5.97 Å². The molecule has 0 aliphatic carbocycles. The number of hydrogen-bond acceptors (Lipinski definition) is 4. The average molecular weight is 495 g/mol. The van der Waals surface area contributed by atoms with Gasteiger partial charge in [0.25, 0.3) is 0 Å². The fourth-order valence-corrected chi connectivity index (χ4v) is 6.00. The minimum Gasteiger partial charge on any atom is -0.481 e. The molecule has 34 heavy (non-hydrogen) atoms. The second kappa shape index (κ2) is 14.5. The molecular formula is C28H34N2O2S2. The molecule has 0 fully saturated rings. The van der Waals surface area contributed by atoms with E-state index in [1.165, 1.54) is 28.5 Å². The van der Waals surface area contributed by atoms with Crippen LogP contribution in [0.5, 0.6) is 0 Å². The van der Waals surface area contributed by atoms with E-state index in [9.17, 15) is 4.79 Å². The maximum absolute atomic E-state index is 11.0. The topological polar surface area (TPSA) is 52.9 Å². The number of allylic oxidation sites excluding steroid dienone is 2. The zero-order valence-corrected chi connectivity index (χ0v) is 21.7. The van der Waals surface area contributed by atoms with Gasteiger partial charge in [-0.3, -0.25) is 9.79 Å². The van der Waals surface area contributed by atoms with Crippen molar-refractivity contribution >= 4 is 34.7 Å². The van der Waals surface area contributed by atoms with Crippen LogP contribution in [0, 0.1) is 0 Å². The number of unbranched alkanes of at least 4 members (excludes halogenated alkanes) is 1. The van der Waals surface area contributed by atoms with E-state index in [-0.39, 0.29) is 10.5 Å². The third kappa shape index (κ3) is 7.40. The lowest BCUT2D eigenvalue weighted by molar-refractivity contribution is -0.133. The lowest BCUT2D eigenvalue weighted by Gasteiger charge is -2.37. The van der Waals surface area contributed by atoms with E-state index in [1.54, 1.807) is 13.2 Å². The maximum atomic E-state index is 11.0. The van der Waals surface area contributed by atoms with Crippen LogP contribution in [0.4, 0.5) is 0 Å². The predicted octanol–water partition coefficient (Wildman–Crippen LogP) is 6.83. The molecule has 0 spiro atoms. The van der Waals surface area contributed by atoms with Crippen molar-refractivity contribution in [2.75, 3.05) is 25.1 Å². The van der Waals surface area contributed by atoms with E-state index in [0.29, 0.717) is 11.7 Å². The molecule has 0 aromatic heterocycles. The monoisotopic (exact) mass is 494 g/mol. The SMILES string of the molecule is C=CCC/C=C(\C)C(SCCN(C=C)C(=NC)SCC(=O)O)(c1ccccc1)c1ccccc1. The van der Waals surface area contributed by atoms with Crippen LogP contribution in [0.15, 0.2) is 103 Å². The highest BCUT2D eigenvalue weighted by atomic mass is 32.2. The molecule has 2 rings (SSSR count). The van der Waals surface area contributed by atoms with Crippen LogP contribution >= 0.6 is 23.5 Å². The molecule has 0 bridgehead atoms. The lowest BCUT2D eigenvalue weighted by atomic mass is 9.84. The highest BCUT2D eigenvalue weighted by Crippen LogP contribution is 2.48. The molecule has 0 radical (unpaired) electrons. The van der Waals surface area contributed by atoms with Gasteiger partial charge in [0.05, 0.1) is 10.5 Å². The Kier molecular flexibility index (Phi) is 11.8. The highest BCUT2D eigenvalue weighted by Gasteiger charge is 2.36. The lowest BCUT2D eigenvalue weighted by Crippen LogP contribution is -2.30. The molecule has 2 aromatic rings. The normalized spacial score (nSPS) is 12.3. The molecule has 0 atom stereocenters. The molecule has 4 nitrogen and oxygen atoms in total. The summed E-state index contributed by atoms with van der Waals surface area (Å²) in [6, 6.07) is 21.2. The van der Waals surface area contributed by atoms with Gasteiger partial charge < -0.3 is 10.0 Å². The van der Waals surface area contributed by atoms with Gasteiger partial charge in [-0.25, -0.2) is 0 Å². The van der Waals surface area contributed by atoms with Crippen LogP contribution in [0.1, 0.15) is 30.9 Å². The fraction of sp³-hybridized carbons (Fsp3) is 0.286. The van der Waals surface area contributed by atoms with E-state index in [0.717, 1.165) is 18.6 Å². The smallest absolute Gasteiger partial charge is 0.313 e. The summed E-state index contributed by atoms with van der Waals surface area (Å²) in [4.78, 5) is 17.3. The third-order valence-corrected chi connectivity index (χ3v) is 8.05. The molecule has 0 heterocycles. The van der Waals surface area contributed by atoms with Crippen LogP contribution < -0.4 is 0 Å². The van der Waals surface area contributed by atoms with Crippen molar-refractivity contribution in [3.8, 4) is 0 Å². The largest absolute Gasteiger partial charge is 0.481 e. The first-order chi connectivity index (χ1) is 16.5. The summed E-state index contributed by atoms with van der Waals surface area (Å²) in [5.74, 6) is -0.112. The number of aliphatic imine (C=N–C) groups is 1. The zero-order chi connectivity index (χ0) is 24.8. The maximum Gasteiger partial charge on any atom is 0.313 e. The highest BCUT2D eigenvalue weighted by molar-refractivity contribution is 8.14. The molecule has 0 saturated carbocycles. The van der Waals surface area contributed by atoms with Gasteiger partial charge in [-0.2, -0.15) is 0 Å². The van der Waals surface area contributed by atoms with Gasteiger partial charge in [0, 0.05) is 19.3 Å². The Bertz CT molecular complexity index is 948. The number of hydrogen-bond donors (Lipinski definition) is 1. The Morgan fingerprint density at radius 2 is 1.65 bits per heavy atom. The Labute approximate surface area is 212 Å². The van der Waals surface area contributed by atoms with Crippen molar-refractivity contribution in [3.05, 3.63) is 109 Å². The Hall–Kier alpha value is -2.70.